The van der Waals surface area contributed by atoms with Gasteiger partial charge in [0.1, 0.15) is 11.8 Å². The van der Waals surface area contributed by atoms with Crippen LogP contribution in [0.15, 0.2) is 0 Å². The molecule has 0 saturated heterocycles. The second-order valence-corrected chi connectivity index (χ2v) is 2.60. The van der Waals surface area contributed by atoms with Crippen LogP contribution < -0.4 is 0 Å². The maximum absolute atomic E-state index is 10.5. The van der Waals surface area contributed by atoms with E-state index in [1.807, 2.05) is 19.9 Å². The largest absolute Gasteiger partial charge is 0.344 e. The summed E-state index contributed by atoms with van der Waals surface area (Å²) in [5.41, 5.74) is 2.86. The third kappa shape index (κ3) is 1.12. The summed E-state index contributed by atoms with van der Waals surface area (Å²) in [4.78, 5) is 13.3. The van der Waals surface area contributed by atoms with Crippen molar-refractivity contribution in [3.05, 3.63) is 22.5 Å². The SMILES string of the molecule is CCc1c(C=O)[nH]c(C#N)c1C. The number of H-pyrrole nitrogens is 1. The zero-order valence-electron chi connectivity index (χ0n) is 7.14. The molecule has 0 fully saturated rings. The van der Waals surface area contributed by atoms with Crippen molar-refractivity contribution in [2.45, 2.75) is 20.3 Å². The molecule has 1 aromatic rings. The molecule has 1 aromatic heterocycles. The molecule has 0 saturated carbocycles. The Labute approximate surface area is 71.0 Å². The van der Waals surface area contributed by atoms with Crippen LogP contribution in [0.5, 0.6) is 0 Å². The molecule has 0 aliphatic heterocycles. The van der Waals surface area contributed by atoms with Crippen molar-refractivity contribution >= 4 is 6.29 Å². The number of carbonyl (C=O) groups excluding carboxylic acids is 1. The van der Waals surface area contributed by atoms with Crippen LogP contribution in [0.1, 0.15) is 34.2 Å². The molecule has 0 radical (unpaired) electrons. The fourth-order valence-corrected chi connectivity index (χ4v) is 1.32. The van der Waals surface area contributed by atoms with E-state index in [-0.39, 0.29) is 0 Å². The molecule has 0 aromatic carbocycles. The van der Waals surface area contributed by atoms with Gasteiger partial charge in [-0.05, 0) is 24.5 Å². The molecule has 1 N–H and O–H groups in total. The number of nitrogens with one attached hydrogen (secondary N) is 1. The molecule has 0 atom stereocenters. The molecule has 0 spiro atoms. The number of nitriles is 1. The third-order valence-corrected chi connectivity index (χ3v) is 2.00. The second kappa shape index (κ2) is 3.22. The zero-order chi connectivity index (χ0) is 9.14. The molecule has 1 rings (SSSR count). The Morgan fingerprint density at radius 2 is 2.33 bits per heavy atom. The fraction of sp³-hybridized carbons (Fsp3) is 0.333. The number of carbonyl (C=O) groups is 1. The van der Waals surface area contributed by atoms with Gasteiger partial charge in [-0.25, -0.2) is 0 Å². The van der Waals surface area contributed by atoms with E-state index in [1.165, 1.54) is 0 Å². The minimum atomic E-state index is 0.494. The van der Waals surface area contributed by atoms with Crippen LogP contribution in [-0.2, 0) is 6.42 Å². The van der Waals surface area contributed by atoms with E-state index in [4.69, 9.17) is 5.26 Å². The monoisotopic (exact) mass is 162 g/mol. The number of aromatic nitrogens is 1. The van der Waals surface area contributed by atoms with Crippen LogP contribution in [0.25, 0.3) is 0 Å². The molecule has 3 nitrogen and oxygen atoms in total. The summed E-state index contributed by atoms with van der Waals surface area (Å²) >= 11 is 0. The lowest BCUT2D eigenvalue weighted by atomic mass is 10.1. The molecule has 0 unspecified atom stereocenters. The topological polar surface area (TPSA) is 56.6 Å². The molecule has 62 valence electrons. The van der Waals surface area contributed by atoms with Crippen LogP contribution >= 0.6 is 0 Å². The van der Waals surface area contributed by atoms with Gasteiger partial charge in [0.2, 0.25) is 0 Å². The van der Waals surface area contributed by atoms with E-state index in [0.29, 0.717) is 11.4 Å². The average Bonchev–Trinajstić information content (AvgIpc) is 2.41. The van der Waals surface area contributed by atoms with Crippen molar-refractivity contribution in [1.29, 1.82) is 5.26 Å². The Balaban J connectivity index is 3.34. The highest BCUT2D eigenvalue weighted by Crippen LogP contribution is 2.16. The minimum Gasteiger partial charge on any atom is -0.344 e. The first-order chi connectivity index (χ1) is 5.74. The smallest absolute Gasteiger partial charge is 0.166 e. The Hall–Kier alpha value is -1.56. The van der Waals surface area contributed by atoms with Gasteiger partial charge in [0, 0.05) is 0 Å². The van der Waals surface area contributed by atoms with Crippen molar-refractivity contribution in [2.24, 2.45) is 0 Å². The van der Waals surface area contributed by atoms with Gasteiger partial charge in [-0.15, -0.1) is 0 Å². The number of nitrogens with zero attached hydrogens (tertiary/aromatic N) is 1. The minimum absolute atomic E-state index is 0.494. The molecular weight excluding hydrogens is 152 g/mol. The maximum atomic E-state index is 10.5. The average molecular weight is 162 g/mol. The Kier molecular flexibility index (Phi) is 2.29. The molecular formula is C9H10N2O. The standard InChI is InChI=1S/C9H10N2O/c1-3-7-6(2)8(4-10)11-9(7)5-12/h5,11H,3H2,1-2H3. The Bertz CT molecular complexity index is 344. The Morgan fingerprint density at radius 1 is 1.67 bits per heavy atom. The van der Waals surface area contributed by atoms with Gasteiger partial charge < -0.3 is 4.98 Å². The van der Waals surface area contributed by atoms with Gasteiger partial charge >= 0.3 is 0 Å². The van der Waals surface area contributed by atoms with E-state index in [9.17, 15) is 4.79 Å². The normalized spacial score (nSPS) is 9.42. The summed E-state index contributed by atoms with van der Waals surface area (Å²) in [6.07, 6.45) is 1.53. The van der Waals surface area contributed by atoms with Crippen molar-refractivity contribution in [3.63, 3.8) is 0 Å². The molecule has 0 amide bonds. The first-order valence-corrected chi connectivity index (χ1v) is 3.81. The first-order valence-electron chi connectivity index (χ1n) is 3.81. The van der Waals surface area contributed by atoms with Crippen LogP contribution in [-0.4, -0.2) is 11.3 Å². The number of hydrogen-bond acceptors (Lipinski definition) is 2. The van der Waals surface area contributed by atoms with Crippen LogP contribution in [0.4, 0.5) is 0 Å². The number of hydrogen-bond donors (Lipinski definition) is 1. The molecule has 0 aliphatic carbocycles. The van der Waals surface area contributed by atoms with Gasteiger partial charge in [0.05, 0.1) is 5.69 Å². The predicted molar refractivity (Wildman–Crippen MR) is 45.0 cm³/mol. The van der Waals surface area contributed by atoms with Gasteiger partial charge in [-0.2, -0.15) is 5.26 Å². The lowest BCUT2D eigenvalue weighted by Gasteiger charge is -1.93. The molecule has 0 aliphatic rings. The predicted octanol–water partition coefficient (Wildman–Crippen LogP) is 1.57. The van der Waals surface area contributed by atoms with Gasteiger partial charge in [-0.1, -0.05) is 6.92 Å². The third-order valence-electron chi connectivity index (χ3n) is 2.00. The number of rotatable bonds is 2. The molecule has 12 heavy (non-hydrogen) atoms. The highest BCUT2D eigenvalue weighted by molar-refractivity contribution is 5.76. The van der Waals surface area contributed by atoms with Crippen LogP contribution in [0, 0.1) is 18.3 Å². The summed E-state index contributed by atoms with van der Waals surface area (Å²) in [5, 5.41) is 8.65. The highest BCUT2D eigenvalue weighted by atomic mass is 16.1. The number of aromatic amines is 1. The zero-order valence-corrected chi connectivity index (χ0v) is 7.14. The quantitative estimate of drug-likeness (QED) is 0.671. The summed E-state index contributed by atoms with van der Waals surface area (Å²) in [6.45, 7) is 3.81. The van der Waals surface area contributed by atoms with E-state index < -0.39 is 0 Å². The maximum Gasteiger partial charge on any atom is 0.166 e. The fourth-order valence-electron chi connectivity index (χ4n) is 1.32. The molecule has 3 heteroatoms. The molecule has 1 heterocycles. The summed E-state index contributed by atoms with van der Waals surface area (Å²) < 4.78 is 0. The van der Waals surface area contributed by atoms with Crippen molar-refractivity contribution in [1.82, 2.24) is 4.98 Å². The van der Waals surface area contributed by atoms with E-state index >= 15 is 0 Å². The van der Waals surface area contributed by atoms with Crippen LogP contribution in [0.2, 0.25) is 0 Å². The van der Waals surface area contributed by atoms with Crippen LogP contribution in [0.3, 0.4) is 0 Å². The first kappa shape index (κ1) is 8.54. The van der Waals surface area contributed by atoms with E-state index in [0.717, 1.165) is 23.8 Å². The van der Waals surface area contributed by atoms with Crippen molar-refractivity contribution in [3.8, 4) is 6.07 Å². The lowest BCUT2D eigenvalue weighted by Crippen LogP contribution is -1.87. The summed E-state index contributed by atoms with van der Waals surface area (Å²) in [7, 11) is 0. The second-order valence-electron chi connectivity index (χ2n) is 2.60. The van der Waals surface area contributed by atoms with Crippen molar-refractivity contribution in [2.75, 3.05) is 0 Å². The van der Waals surface area contributed by atoms with E-state index in [1.54, 1.807) is 0 Å². The van der Waals surface area contributed by atoms with Gasteiger partial charge in [0.25, 0.3) is 0 Å². The number of aldehydes is 1. The summed E-state index contributed by atoms with van der Waals surface area (Å²) in [6, 6.07) is 2.01. The van der Waals surface area contributed by atoms with E-state index in [2.05, 4.69) is 4.98 Å². The lowest BCUT2D eigenvalue weighted by molar-refractivity contribution is 0.111. The van der Waals surface area contributed by atoms with Gasteiger partial charge in [-0.3, -0.25) is 4.79 Å². The highest BCUT2D eigenvalue weighted by Gasteiger charge is 2.10. The van der Waals surface area contributed by atoms with Crippen molar-refractivity contribution < 1.29 is 4.79 Å². The van der Waals surface area contributed by atoms with Gasteiger partial charge in [0.15, 0.2) is 6.29 Å². The Morgan fingerprint density at radius 3 is 2.67 bits per heavy atom. The molecule has 0 bridgehead atoms. The summed E-state index contributed by atoms with van der Waals surface area (Å²) in [5.74, 6) is 0.